The summed E-state index contributed by atoms with van der Waals surface area (Å²) in [5, 5.41) is 0. The van der Waals surface area contributed by atoms with Gasteiger partial charge in [-0.15, -0.1) is 0 Å². The molecule has 8 heterocycles. The molecule has 0 aliphatic carbocycles. The number of hydrogen-bond acceptors (Lipinski definition) is 2. The molecular weight excluding hydrogens is 935 g/mol. The van der Waals surface area contributed by atoms with E-state index in [1.54, 1.807) is 0 Å². The number of aromatic amines is 2. The van der Waals surface area contributed by atoms with Crippen LogP contribution in [0.15, 0.2) is 104 Å². The summed E-state index contributed by atoms with van der Waals surface area (Å²) in [4.78, 5) is 17.9. The number of aromatic nitrogens is 7. The number of halogens is 3. The molecular formula is C38H32I3N7. The van der Waals surface area contributed by atoms with Gasteiger partial charge in [0.2, 0.25) is 0 Å². The van der Waals surface area contributed by atoms with Crippen LogP contribution in [0.5, 0.6) is 0 Å². The molecule has 0 saturated carbocycles. The first-order valence-corrected chi connectivity index (χ1v) is 15.0. The SMILES string of the molecule is C[n+]1ccc(-c2c3nc(c(-c4cc[n+](C)cc4)c4ccc(cc5ccc([nH]5)c(-c5cc[n+](C)cc5)c5nc2C=C5)[nH]4)C=C3)cc1.[I-].[I-].[I-]. The molecule has 0 fully saturated rings. The van der Waals surface area contributed by atoms with Crippen molar-refractivity contribution >= 4 is 46.4 Å². The Morgan fingerprint density at radius 1 is 0.417 bits per heavy atom. The van der Waals surface area contributed by atoms with E-state index in [0.717, 1.165) is 78.2 Å². The zero-order valence-corrected chi connectivity index (χ0v) is 33.0. The molecule has 2 aliphatic rings. The normalized spacial score (nSPS) is 11.4. The fourth-order valence-corrected chi connectivity index (χ4v) is 6.05. The van der Waals surface area contributed by atoms with Crippen LogP contribution in [-0.2, 0) is 21.1 Å². The highest BCUT2D eigenvalue weighted by atomic mass is 127. The van der Waals surface area contributed by atoms with Crippen LogP contribution < -0.4 is 85.6 Å². The lowest BCUT2D eigenvalue weighted by molar-refractivity contribution is -0.671. The largest absolute Gasteiger partial charge is 1.00 e. The van der Waals surface area contributed by atoms with Crippen LogP contribution in [0, 0.1) is 0 Å². The molecule has 6 aromatic rings. The minimum absolute atomic E-state index is 0. The van der Waals surface area contributed by atoms with Gasteiger partial charge in [0.15, 0.2) is 37.2 Å². The van der Waals surface area contributed by atoms with Gasteiger partial charge in [-0.05, 0) is 71.3 Å². The van der Waals surface area contributed by atoms with Crippen molar-refractivity contribution < 1.29 is 85.6 Å². The van der Waals surface area contributed by atoms with E-state index in [9.17, 15) is 0 Å². The van der Waals surface area contributed by atoms with E-state index in [-0.39, 0.29) is 71.9 Å². The molecule has 10 heteroatoms. The number of aryl methyl sites for hydroxylation is 3. The molecule has 8 rings (SSSR count). The van der Waals surface area contributed by atoms with E-state index >= 15 is 0 Å². The zero-order chi connectivity index (χ0) is 30.5. The van der Waals surface area contributed by atoms with Gasteiger partial charge in [-0.25, -0.2) is 23.7 Å². The number of H-pyrrole nitrogens is 2. The average Bonchev–Trinajstić information content (AvgIpc) is 3.87. The van der Waals surface area contributed by atoms with Crippen LogP contribution in [0.4, 0.5) is 0 Å². The van der Waals surface area contributed by atoms with E-state index in [2.05, 4.69) is 138 Å². The first-order valence-electron chi connectivity index (χ1n) is 15.0. The molecule has 0 spiro atoms. The summed E-state index contributed by atoms with van der Waals surface area (Å²) >= 11 is 0. The van der Waals surface area contributed by atoms with Crippen LogP contribution >= 0.6 is 0 Å². The number of nitrogens with zero attached hydrogens (tertiary/aromatic N) is 5. The summed E-state index contributed by atoms with van der Waals surface area (Å²) < 4.78 is 6.13. The molecule has 6 aromatic heterocycles. The van der Waals surface area contributed by atoms with Crippen molar-refractivity contribution in [1.82, 2.24) is 19.9 Å². The maximum atomic E-state index is 5.29. The lowest BCUT2D eigenvalue weighted by atomic mass is 10.0. The lowest BCUT2D eigenvalue weighted by Gasteiger charge is -2.05. The summed E-state index contributed by atoms with van der Waals surface area (Å²) in [7, 11) is 6.09. The smallest absolute Gasteiger partial charge is 0.169 e. The van der Waals surface area contributed by atoms with Crippen molar-refractivity contribution in [2.75, 3.05) is 0 Å². The third kappa shape index (κ3) is 6.87. The first kappa shape index (κ1) is 35.5. The van der Waals surface area contributed by atoms with Crippen LogP contribution in [0.2, 0.25) is 0 Å². The van der Waals surface area contributed by atoms with Gasteiger partial charge in [-0.3, -0.25) is 0 Å². The summed E-state index contributed by atoms with van der Waals surface area (Å²) in [6.45, 7) is 0. The van der Waals surface area contributed by atoms with Gasteiger partial charge < -0.3 is 81.9 Å². The van der Waals surface area contributed by atoms with E-state index in [0.29, 0.717) is 0 Å². The minimum Gasteiger partial charge on any atom is -1.00 e. The highest BCUT2D eigenvalue weighted by Crippen LogP contribution is 2.36. The van der Waals surface area contributed by atoms with E-state index < -0.39 is 0 Å². The molecule has 0 unspecified atom stereocenters. The molecule has 8 bridgehead atoms. The van der Waals surface area contributed by atoms with Crippen molar-refractivity contribution in [1.29, 1.82) is 0 Å². The first-order chi connectivity index (χ1) is 22.0. The molecule has 2 N–H and O–H groups in total. The Hall–Kier alpha value is -3.76. The summed E-state index contributed by atoms with van der Waals surface area (Å²) in [6.07, 6.45) is 20.9. The highest BCUT2D eigenvalue weighted by Gasteiger charge is 2.19. The maximum absolute atomic E-state index is 5.29. The summed E-state index contributed by atoms with van der Waals surface area (Å²) in [6, 6.07) is 23.5. The highest BCUT2D eigenvalue weighted by molar-refractivity contribution is 5.96. The predicted octanol–water partition coefficient (Wildman–Crippen LogP) is -2.86. The second kappa shape index (κ2) is 14.8. The van der Waals surface area contributed by atoms with Gasteiger partial charge in [0.05, 0.1) is 22.8 Å². The van der Waals surface area contributed by atoms with Gasteiger partial charge >= 0.3 is 0 Å². The number of nitrogens with one attached hydrogen (secondary N) is 2. The molecule has 0 atom stereocenters. The molecule has 240 valence electrons. The van der Waals surface area contributed by atoms with Crippen LogP contribution in [-0.4, -0.2) is 19.9 Å². The Bertz CT molecular complexity index is 2200. The number of hydrogen-bond donors (Lipinski definition) is 2. The average molecular weight is 967 g/mol. The Kier molecular flexibility index (Phi) is 10.9. The topological polar surface area (TPSA) is 69.0 Å². The van der Waals surface area contributed by atoms with E-state index in [1.165, 1.54) is 0 Å². The monoisotopic (exact) mass is 967 g/mol. The third-order valence-corrected chi connectivity index (χ3v) is 8.37. The quantitative estimate of drug-likeness (QED) is 0.148. The molecule has 2 aliphatic heterocycles. The van der Waals surface area contributed by atoms with Gasteiger partial charge in [-0.1, -0.05) is 0 Å². The van der Waals surface area contributed by atoms with Gasteiger partial charge in [0.1, 0.15) is 21.1 Å². The molecule has 0 saturated heterocycles. The van der Waals surface area contributed by atoms with Gasteiger partial charge in [-0.2, -0.15) is 0 Å². The van der Waals surface area contributed by atoms with Crippen LogP contribution in [0.1, 0.15) is 22.8 Å². The molecule has 0 amide bonds. The number of rotatable bonds is 3. The van der Waals surface area contributed by atoms with Crippen molar-refractivity contribution in [3.8, 4) is 33.4 Å². The number of pyridine rings is 3. The second-order valence-corrected chi connectivity index (χ2v) is 11.6. The summed E-state index contributed by atoms with van der Waals surface area (Å²) in [5.74, 6) is 0. The molecule has 7 nitrogen and oxygen atoms in total. The molecule has 0 radical (unpaired) electrons. The van der Waals surface area contributed by atoms with Crippen molar-refractivity contribution in [3.63, 3.8) is 0 Å². The second-order valence-electron chi connectivity index (χ2n) is 11.6. The fraction of sp³-hybridized carbons (Fsp3) is 0.0789. The van der Waals surface area contributed by atoms with Gasteiger partial charge in [0.25, 0.3) is 0 Å². The Morgan fingerprint density at radius 3 is 1.08 bits per heavy atom. The van der Waals surface area contributed by atoms with E-state index in [4.69, 9.17) is 9.97 Å². The fourth-order valence-electron chi connectivity index (χ4n) is 6.05. The van der Waals surface area contributed by atoms with Crippen molar-refractivity contribution in [2.24, 2.45) is 21.1 Å². The standard InChI is InChI=1S/C38H31N7.3HI/c1-43-18-12-25(13-19-43)36-30-6-4-28(39-30)24-29-5-7-31(40-29)37(26-14-20-44(2)21-15-26)33-9-11-35(42-33)38(34-10-8-32(36)41-34)27-16-22-45(3)23-17-27;;;/h4-24H,1-3H3,(H,39,40,41,42);3*1H/q+2;;;/p-2. The van der Waals surface area contributed by atoms with Crippen molar-refractivity contribution in [2.45, 2.75) is 0 Å². The third-order valence-electron chi connectivity index (χ3n) is 8.37. The Labute approximate surface area is 330 Å². The van der Waals surface area contributed by atoms with Crippen LogP contribution in [0.3, 0.4) is 0 Å². The predicted molar refractivity (Wildman–Crippen MR) is 179 cm³/mol. The number of fused-ring (bicyclic) bond motifs is 8. The Balaban J connectivity index is 0.00000150. The van der Waals surface area contributed by atoms with E-state index in [1.807, 2.05) is 34.8 Å². The maximum Gasteiger partial charge on any atom is 0.169 e. The zero-order valence-electron chi connectivity index (χ0n) is 26.5. The molecule has 48 heavy (non-hydrogen) atoms. The lowest BCUT2D eigenvalue weighted by Crippen LogP contribution is -3.00. The van der Waals surface area contributed by atoms with Gasteiger partial charge in [0, 0.05) is 75.2 Å². The summed E-state index contributed by atoms with van der Waals surface area (Å²) in [5.41, 5.74) is 13.9. The molecule has 0 aromatic carbocycles. The van der Waals surface area contributed by atoms with Crippen LogP contribution in [0.25, 0.3) is 79.8 Å². The Morgan fingerprint density at radius 2 is 0.729 bits per heavy atom. The minimum atomic E-state index is 0. The van der Waals surface area contributed by atoms with Crippen molar-refractivity contribution in [3.05, 3.63) is 127 Å².